The highest BCUT2D eigenvalue weighted by molar-refractivity contribution is 6.05. The predicted molar refractivity (Wildman–Crippen MR) is 134 cm³/mol. The molecule has 1 aliphatic carbocycles. The fourth-order valence-electron chi connectivity index (χ4n) is 5.99. The van der Waals surface area contributed by atoms with Gasteiger partial charge in [-0.15, -0.1) is 0 Å². The molecule has 9 heteroatoms. The minimum atomic E-state index is -0.642. The second kappa shape index (κ2) is 10.8. The highest BCUT2D eigenvalue weighted by Gasteiger charge is 2.39. The van der Waals surface area contributed by atoms with Crippen LogP contribution in [0, 0.1) is 23.7 Å². The molecule has 194 valence electrons. The van der Waals surface area contributed by atoms with E-state index in [0.717, 1.165) is 56.1 Å². The summed E-state index contributed by atoms with van der Waals surface area (Å²) < 4.78 is 0. The van der Waals surface area contributed by atoms with Gasteiger partial charge in [0.1, 0.15) is 6.04 Å². The Morgan fingerprint density at radius 2 is 1.78 bits per heavy atom. The van der Waals surface area contributed by atoms with Crippen molar-refractivity contribution in [3.05, 3.63) is 34.9 Å². The first-order chi connectivity index (χ1) is 17.9. The van der Waals surface area contributed by atoms with Gasteiger partial charge in [0, 0.05) is 55.1 Å². The summed E-state index contributed by atoms with van der Waals surface area (Å²) in [6.07, 6.45) is 6.27. The lowest BCUT2D eigenvalue weighted by atomic mass is 9.84. The first-order valence-electron chi connectivity index (χ1n) is 13.2. The maximum Gasteiger partial charge on any atom is 0.255 e. The smallest absolute Gasteiger partial charge is 0.255 e. The zero-order chi connectivity index (χ0) is 25.9. The number of fused-ring (bicyclic) bond motifs is 1. The van der Waals surface area contributed by atoms with E-state index in [9.17, 15) is 24.0 Å². The van der Waals surface area contributed by atoms with Gasteiger partial charge in [-0.05, 0) is 62.6 Å². The number of nitrogens with zero attached hydrogens (tertiary/aromatic N) is 2. The van der Waals surface area contributed by atoms with E-state index in [1.807, 2.05) is 17.0 Å². The average molecular weight is 505 g/mol. The third-order valence-electron chi connectivity index (χ3n) is 8.18. The van der Waals surface area contributed by atoms with Gasteiger partial charge in [-0.25, -0.2) is 0 Å². The molecule has 1 saturated carbocycles. The third-order valence-corrected chi connectivity index (χ3v) is 8.18. The minimum Gasteiger partial charge on any atom is -0.356 e. The molecule has 3 fully saturated rings. The first-order valence-corrected chi connectivity index (χ1v) is 13.2. The molecule has 5 amide bonds. The summed E-state index contributed by atoms with van der Waals surface area (Å²) in [6, 6.07) is 5.03. The van der Waals surface area contributed by atoms with Crippen LogP contribution in [0.5, 0.6) is 0 Å². The molecule has 3 heterocycles. The van der Waals surface area contributed by atoms with Crippen LogP contribution >= 0.6 is 0 Å². The number of carbonyl (C=O) groups is 5. The molecule has 3 aliphatic heterocycles. The Kier molecular flexibility index (Phi) is 7.26. The zero-order valence-corrected chi connectivity index (χ0v) is 20.8. The Bertz CT molecular complexity index is 1170. The van der Waals surface area contributed by atoms with Gasteiger partial charge < -0.3 is 15.1 Å². The quantitative estimate of drug-likeness (QED) is 0.365. The van der Waals surface area contributed by atoms with E-state index in [0.29, 0.717) is 31.6 Å². The van der Waals surface area contributed by atoms with Crippen molar-refractivity contribution in [3.8, 4) is 11.8 Å². The van der Waals surface area contributed by atoms with Gasteiger partial charge in [-0.1, -0.05) is 17.9 Å². The SMILES string of the molecule is O=CNC1CCC(C(=O)N2CCC(C#Cc3cccc4c3CN(C3CCC(=O)NC3=O)C4=O)CC2)CC1. The number of likely N-dealkylation sites (tertiary alicyclic amines) is 1. The topological polar surface area (TPSA) is 116 Å². The van der Waals surface area contributed by atoms with Gasteiger partial charge >= 0.3 is 0 Å². The lowest BCUT2D eigenvalue weighted by Gasteiger charge is -2.35. The molecule has 0 aromatic heterocycles. The molecule has 5 rings (SSSR count). The Morgan fingerprint density at radius 1 is 1.03 bits per heavy atom. The summed E-state index contributed by atoms with van der Waals surface area (Å²) in [5.41, 5.74) is 2.19. The lowest BCUT2D eigenvalue weighted by molar-refractivity contribution is -0.138. The number of carbonyl (C=O) groups excluding carboxylic acids is 5. The molecule has 1 aromatic rings. The number of piperidine rings is 2. The fourth-order valence-corrected chi connectivity index (χ4v) is 5.99. The summed E-state index contributed by atoms with van der Waals surface area (Å²) in [6.45, 7) is 1.70. The Morgan fingerprint density at radius 3 is 2.49 bits per heavy atom. The van der Waals surface area contributed by atoms with Crippen LogP contribution in [-0.2, 0) is 25.7 Å². The van der Waals surface area contributed by atoms with E-state index in [1.165, 1.54) is 0 Å². The third kappa shape index (κ3) is 5.24. The molecular formula is C28H32N4O5. The summed E-state index contributed by atoms with van der Waals surface area (Å²) in [4.78, 5) is 64.0. The van der Waals surface area contributed by atoms with Crippen molar-refractivity contribution in [2.24, 2.45) is 11.8 Å². The van der Waals surface area contributed by atoms with Gasteiger partial charge in [0.15, 0.2) is 0 Å². The molecule has 37 heavy (non-hydrogen) atoms. The summed E-state index contributed by atoms with van der Waals surface area (Å²) in [7, 11) is 0. The van der Waals surface area contributed by atoms with Crippen LogP contribution < -0.4 is 10.6 Å². The minimum absolute atomic E-state index is 0.0455. The van der Waals surface area contributed by atoms with Crippen LogP contribution in [0.3, 0.4) is 0 Å². The van der Waals surface area contributed by atoms with Crippen molar-refractivity contribution in [2.75, 3.05) is 13.1 Å². The van der Waals surface area contributed by atoms with Crippen molar-refractivity contribution in [2.45, 2.75) is 70.0 Å². The highest BCUT2D eigenvalue weighted by Crippen LogP contribution is 2.30. The van der Waals surface area contributed by atoms with Crippen LogP contribution in [0.4, 0.5) is 0 Å². The molecular weight excluding hydrogens is 472 g/mol. The largest absolute Gasteiger partial charge is 0.356 e. The van der Waals surface area contributed by atoms with Crippen molar-refractivity contribution in [1.82, 2.24) is 20.4 Å². The van der Waals surface area contributed by atoms with Crippen molar-refractivity contribution in [3.63, 3.8) is 0 Å². The number of imide groups is 1. The van der Waals surface area contributed by atoms with Gasteiger partial charge in [0.2, 0.25) is 24.1 Å². The molecule has 1 unspecified atom stereocenters. The van der Waals surface area contributed by atoms with E-state index in [-0.39, 0.29) is 42.0 Å². The Balaban J connectivity index is 1.18. The van der Waals surface area contributed by atoms with E-state index >= 15 is 0 Å². The van der Waals surface area contributed by atoms with Crippen molar-refractivity contribution >= 4 is 30.0 Å². The van der Waals surface area contributed by atoms with Crippen LogP contribution in [-0.4, -0.2) is 65.0 Å². The number of amides is 5. The van der Waals surface area contributed by atoms with E-state index in [4.69, 9.17) is 0 Å². The Hall–Kier alpha value is -3.67. The van der Waals surface area contributed by atoms with E-state index in [2.05, 4.69) is 22.5 Å². The first kappa shape index (κ1) is 25.0. The van der Waals surface area contributed by atoms with Crippen LogP contribution in [0.25, 0.3) is 0 Å². The predicted octanol–water partition coefficient (Wildman–Crippen LogP) is 1.34. The maximum absolute atomic E-state index is 13.0. The number of hydrogen-bond acceptors (Lipinski definition) is 5. The maximum atomic E-state index is 13.0. The van der Waals surface area contributed by atoms with Gasteiger partial charge in [-0.3, -0.25) is 29.3 Å². The van der Waals surface area contributed by atoms with E-state index < -0.39 is 11.9 Å². The molecule has 0 radical (unpaired) electrons. The van der Waals surface area contributed by atoms with Crippen molar-refractivity contribution < 1.29 is 24.0 Å². The molecule has 0 spiro atoms. The van der Waals surface area contributed by atoms with Gasteiger partial charge in [0.25, 0.3) is 5.91 Å². The summed E-state index contributed by atoms with van der Waals surface area (Å²) in [5.74, 6) is 6.17. The van der Waals surface area contributed by atoms with Crippen LogP contribution in [0.2, 0.25) is 0 Å². The second-order valence-corrected chi connectivity index (χ2v) is 10.4. The second-order valence-electron chi connectivity index (χ2n) is 10.4. The molecule has 2 saturated heterocycles. The number of rotatable bonds is 4. The molecule has 1 aromatic carbocycles. The molecule has 1 atom stereocenters. The molecule has 9 nitrogen and oxygen atoms in total. The zero-order valence-electron chi connectivity index (χ0n) is 20.8. The highest BCUT2D eigenvalue weighted by atomic mass is 16.2. The normalized spacial score (nSPS) is 26.2. The number of benzene rings is 1. The van der Waals surface area contributed by atoms with Crippen LogP contribution in [0.1, 0.15) is 72.9 Å². The molecule has 2 N–H and O–H groups in total. The summed E-state index contributed by atoms with van der Waals surface area (Å²) >= 11 is 0. The van der Waals surface area contributed by atoms with Crippen LogP contribution in [0.15, 0.2) is 18.2 Å². The van der Waals surface area contributed by atoms with Crippen molar-refractivity contribution in [1.29, 1.82) is 0 Å². The Labute approximate surface area is 216 Å². The molecule has 4 aliphatic rings. The molecule has 0 bridgehead atoms. The monoisotopic (exact) mass is 504 g/mol. The summed E-state index contributed by atoms with van der Waals surface area (Å²) in [5, 5.41) is 5.16. The number of hydrogen-bond donors (Lipinski definition) is 2. The van der Waals surface area contributed by atoms with Gasteiger partial charge in [-0.2, -0.15) is 0 Å². The van der Waals surface area contributed by atoms with Gasteiger partial charge in [0.05, 0.1) is 0 Å². The number of nitrogens with one attached hydrogen (secondary N) is 2. The standard InChI is InChI=1S/C28H32N4O5/c33-17-29-21-8-6-20(7-9-21)27(36)31-14-12-18(13-15-31)4-5-19-2-1-3-22-23(19)16-32(28(22)37)24-10-11-25(34)30-26(24)35/h1-3,17-18,20-21,24H,6-16H2,(H,29,33)(H,30,34,35). The fraction of sp³-hybridized carbons (Fsp3) is 0.536. The van der Waals surface area contributed by atoms with E-state index in [1.54, 1.807) is 11.0 Å². The lowest BCUT2D eigenvalue weighted by Crippen LogP contribution is -2.52. The average Bonchev–Trinajstić information content (AvgIpc) is 3.24.